The van der Waals surface area contributed by atoms with E-state index in [1.165, 1.54) is 18.3 Å². The number of carbonyl (C=O) groups excluding carboxylic acids is 1. The molecule has 1 saturated carbocycles. The highest BCUT2D eigenvalue weighted by atomic mass is 19.4. The summed E-state index contributed by atoms with van der Waals surface area (Å²) in [7, 11) is 0. The van der Waals surface area contributed by atoms with Crippen LogP contribution in [-0.4, -0.2) is 65.1 Å². The van der Waals surface area contributed by atoms with E-state index >= 15 is 0 Å². The minimum atomic E-state index is -5.08. The number of aromatic nitrogens is 1. The van der Waals surface area contributed by atoms with E-state index in [4.69, 9.17) is 9.90 Å². The predicted octanol–water partition coefficient (Wildman–Crippen LogP) is 3.33. The van der Waals surface area contributed by atoms with Gasteiger partial charge in [0, 0.05) is 44.7 Å². The van der Waals surface area contributed by atoms with Gasteiger partial charge >= 0.3 is 12.1 Å². The van der Waals surface area contributed by atoms with Gasteiger partial charge in [0.2, 0.25) is 5.91 Å². The first-order valence-electron chi connectivity index (χ1n) is 9.68. The van der Waals surface area contributed by atoms with E-state index in [2.05, 4.69) is 4.98 Å². The van der Waals surface area contributed by atoms with Crippen LogP contribution in [-0.2, 0) is 9.59 Å². The molecule has 1 aliphatic carbocycles. The second-order valence-electron chi connectivity index (χ2n) is 8.05. The number of aliphatic carboxylic acids is 1. The Morgan fingerprint density at radius 3 is 2.32 bits per heavy atom. The average Bonchev–Trinajstić information content (AvgIpc) is 3.44. The molecule has 172 valence electrons. The van der Waals surface area contributed by atoms with Gasteiger partial charge in [-0.15, -0.1) is 0 Å². The number of hydrogen-bond acceptors (Lipinski definition) is 4. The minimum absolute atomic E-state index is 0.00680. The fourth-order valence-corrected chi connectivity index (χ4v) is 3.97. The molecule has 31 heavy (non-hydrogen) atoms. The smallest absolute Gasteiger partial charge is 0.475 e. The van der Waals surface area contributed by atoms with Gasteiger partial charge in [0.05, 0.1) is 5.41 Å². The molecule has 3 heterocycles. The van der Waals surface area contributed by atoms with E-state index in [1.807, 2.05) is 0 Å². The molecule has 1 amide bonds. The van der Waals surface area contributed by atoms with Crippen LogP contribution in [0.25, 0.3) is 0 Å². The highest BCUT2D eigenvalue weighted by molar-refractivity contribution is 5.81. The van der Waals surface area contributed by atoms with Gasteiger partial charge in [-0.1, -0.05) is 0 Å². The van der Waals surface area contributed by atoms with Crippen LogP contribution >= 0.6 is 0 Å². The highest BCUT2D eigenvalue weighted by Crippen LogP contribution is 2.50. The molecule has 3 aliphatic rings. The summed E-state index contributed by atoms with van der Waals surface area (Å²) in [5, 5.41) is 7.12. The number of hydrogen-bond donors (Lipinski definition) is 1. The molecular formula is C19H21F6N3O3. The number of anilines is 1. The maximum Gasteiger partial charge on any atom is 0.490 e. The molecule has 2 saturated heterocycles. The van der Waals surface area contributed by atoms with Crippen LogP contribution in [0, 0.1) is 17.2 Å². The summed E-state index contributed by atoms with van der Waals surface area (Å²) in [6.07, 6.45) is -1.96. The van der Waals surface area contributed by atoms with Crippen molar-refractivity contribution >= 4 is 17.7 Å². The molecule has 1 N–H and O–H groups in total. The average molecular weight is 453 g/mol. The summed E-state index contributed by atoms with van der Waals surface area (Å²) < 4.78 is 75.1. The van der Waals surface area contributed by atoms with E-state index in [0.717, 1.165) is 12.8 Å². The van der Waals surface area contributed by atoms with Crippen molar-refractivity contribution < 1.29 is 41.0 Å². The fourth-order valence-electron chi connectivity index (χ4n) is 3.97. The Hall–Kier alpha value is -2.53. The van der Waals surface area contributed by atoms with Crippen LogP contribution in [0.5, 0.6) is 0 Å². The maximum atomic E-state index is 14.7. The minimum Gasteiger partial charge on any atom is -0.475 e. The molecule has 2 aliphatic heterocycles. The van der Waals surface area contributed by atoms with E-state index < -0.39 is 29.3 Å². The molecule has 3 fully saturated rings. The van der Waals surface area contributed by atoms with Crippen molar-refractivity contribution in [3.05, 3.63) is 24.1 Å². The third-order valence-corrected chi connectivity index (χ3v) is 5.84. The molecule has 1 spiro atoms. The van der Waals surface area contributed by atoms with Gasteiger partial charge in [-0.3, -0.25) is 4.79 Å². The lowest BCUT2D eigenvalue weighted by molar-refractivity contribution is -0.192. The second-order valence-corrected chi connectivity index (χ2v) is 8.05. The van der Waals surface area contributed by atoms with Gasteiger partial charge in [0.1, 0.15) is 0 Å². The number of nitrogens with zero attached hydrogens (tertiary/aromatic N) is 3. The van der Waals surface area contributed by atoms with Crippen molar-refractivity contribution in [3.63, 3.8) is 0 Å². The van der Waals surface area contributed by atoms with Gasteiger partial charge in [0.25, 0.3) is 5.92 Å². The van der Waals surface area contributed by atoms with Gasteiger partial charge in [-0.25, -0.2) is 22.9 Å². The van der Waals surface area contributed by atoms with Gasteiger partial charge < -0.3 is 14.9 Å². The number of likely N-dealkylation sites (tertiary alicyclic amines) is 1. The molecule has 12 heteroatoms. The molecule has 6 nitrogen and oxygen atoms in total. The zero-order valence-electron chi connectivity index (χ0n) is 16.3. The summed E-state index contributed by atoms with van der Waals surface area (Å²) >= 11 is 0. The van der Waals surface area contributed by atoms with Crippen LogP contribution in [0.3, 0.4) is 0 Å². The van der Waals surface area contributed by atoms with E-state index in [9.17, 15) is 31.1 Å². The molecule has 1 aromatic heterocycles. The zero-order chi connectivity index (χ0) is 23.0. The summed E-state index contributed by atoms with van der Waals surface area (Å²) in [4.78, 5) is 28.4. The number of piperidine rings is 1. The molecule has 1 aromatic rings. The van der Waals surface area contributed by atoms with Crippen molar-refractivity contribution in [3.8, 4) is 0 Å². The molecule has 0 bridgehead atoms. The molecule has 4 rings (SSSR count). The van der Waals surface area contributed by atoms with E-state index in [-0.39, 0.29) is 50.1 Å². The van der Waals surface area contributed by atoms with Crippen molar-refractivity contribution in [1.29, 1.82) is 0 Å². The van der Waals surface area contributed by atoms with Crippen LogP contribution < -0.4 is 4.90 Å². The summed E-state index contributed by atoms with van der Waals surface area (Å²) in [6.45, 7) is 0.527. The molecule has 0 radical (unpaired) electrons. The summed E-state index contributed by atoms with van der Waals surface area (Å²) in [5.74, 6) is -5.96. The lowest BCUT2D eigenvalue weighted by Gasteiger charge is -2.46. The molecule has 0 aromatic carbocycles. The second kappa shape index (κ2) is 8.19. The topological polar surface area (TPSA) is 73.7 Å². The number of rotatable bonds is 2. The van der Waals surface area contributed by atoms with Crippen LogP contribution in [0.1, 0.15) is 25.7 Å². The maximum absolute atomic E-state index is 14.7. The number of carboxylic acids is 1. The largest absolute Gasteiger partial charge is 0.490 e. The first kappa shape index (κ1) is 23.1. The monoisotopic (exact) mass is 453 g/mol. The Labute approximate surface area is 173 Å². The van der Waals surface area contributed by atoms with Crippen molar-refractivity contribution in [2.24, 2.45) is 11.3 Å². The number of alkyl halides is 5. The standard InChI is InChI=1S/C17H20F3N3O.C2HF3O2/c18-13-2-1-7-21-14(13)22-8-5-16(10-22)11-23(9-6-17(16,19)20)15(24)12-3-4-12;3-2(4,5)1(6)7/h1-2,7,12H,3-6,8-11H2;(H,6,7). The Kier molecular flexibility index (Phi) is 6.12. The first-order chi connectivity index (χ1) is 14.4. The van der Waals surface area contributed by atoms with Crippen molar-refractivity contribution in [2.75, 3.05) is 31.1 Å². The normalized spacial score (nSPS) is 25.2. The van der Waals surface area contributed by atoms with Gasteiger partial charge in [-0.2, -0.15) is 13.2 Å². The van der Waals surface area contributed by atoms with Crippen LogP contribution in [0.15, 0.2) is 18.3 Å². The number of halogens is 6. The number of amides is 1. The molecule has 1 unspecified atom stereocenters. The van der Waals surface area contributed by atoms with Crippen molar-refractivity contribution in [2.45, 2.75) is 37.8 Å². The van der Waals surface area contributed by atoms with Crippen LogP contribution in [0.4, 0.5) is 32.2 Å². The Morgan fingerprint density at radius 1 is 1.13 bits per heavy atom. The van der Waals surface area contributed by atoms with Gasteiger partial charge in [-0.05, 0) is 31.4 Å². The van der Waals surface area contributed by atoms with E-state index in [0.29, 0.717) is 6.54 Å². The van der Waals surface area contributed by atoms with E-state index in [1.54, 1.807) is 9.80 Å². The molecular weight excluding hydrogens is 432 g/mol. The predicted molar refractivity (Wildman–Crippen MR) is 96.0 cm³/mol. The third-order valence-electron chi connectivity index (χ3n) is 5.84. The lowest BCUT2D eigenvalue weighted by atomic mass is 9.75. The third kappa shape index (κ3) is 4.87. The summed E-state index contributed by atoms with van der Waals surface area (Å²) in [6, 6.07) is 2.77. The number of carboxylic acid groups (broad SMARTS) is 1. The Balaban J connectivity index is 0.000000339. The van der Waals surface area contributed by atoms with Crippen LogP contribution in [0.2, 0.25) is 0 Å². The Morgan fingerprint density at radius 2 is 1.77 bits per heavy atom. The Bertz CT molecular complexity index is 845. The quantitative estimate of drug-likeness (QED) is 0.696. The molecule has 1 atom stereocenters. The number of carbonyl (C=O) groups is 2. The van der Waals surface area contributed by atoms with Crippen molar-refractivity contribution in [1.82, 2.24) is 9.88 Å². The zero-order valence-corrected chi connectivity index (χ0v) is 16.3. The highest BCUT2D eigenvalue weighted by Gasteiger charge is 2.60. The summed E-state index contributed by atoms with van der Waals surface area (Å²) in [5.41, 5.74) is -1.31. The number of pyridine rings is 1. The lowest BCUT2D eigenvalue weighted by Crippen LogP contribution is -2.58. The first-order valence-corrected chi connectivity index (χ1v) is 9.68. The SMILES string of the molecule is O=C(C1CC1)N1CCC(F)(F)C2(CCN(c3ncccc3F)C2)C1.O=C(O)C(F)(F)F. The fraction of sp³-hybridized carbons (Fsp3) is 0.632. The van der Waals surface area contributed by atoms with Gasteiger partial charge in [0.15, 0.2) is 11.6 Å².